The Morgan fingerprint density at radius 3 is 2.25 bits per heavy atom. The third-order valence-electron chi connectivity index (χ3n) is 4.23. The van der Waals surface area contributed by atoms with Gasteiger partial charge < -0.3 is 13.9 Å². The van der Waals surface area contributed by atoms with Gasteiger partial charge in [-0.3, -0.25) is 9.44 Å². The topological polar surface area (TPSA) is 156 Å². The highest BCUT2D eigenvalue weighted by Gasteiger charge is 2.25. The van der Waals surface area contributed by atoms with Gasteiger partial charge in [-0.15, -0.1) is 0 Å². The first-order valence-corrected chi connectivity index (χ1v) is 12.1. The second-order valence-corrected chi connectivity index (χ2v) is 10.1. The van der Waals surface area contributed by atoms with E-state index in [1.807, 2.05) is 0 Å². The SMILES string of the molecule is O=C(O)c1coc(S(=O)(=O)Nc2ccc(Cl)cc2NS(=O)(=O)c2cc3ccccc3o2)c1. The maximum absolute atomic E-state index is 12.8. The fourth-order valence-corrected chi connectivity index (χ4v) is 4.98. The quantitative estimate of drug-likeness (QED) is 0.347. The van der Waals surface area contributed by atoms with Gasteiger partial charge >= 0.3 is 5.97 Å². The molecule has 0 aliphatic carbocycles. The molecule has 0 saturated heterocycles. The molecule has 0 aliphatic rings. The van der Waals surface area contributed by atoms with Crippen molar-refractivity contribution in [2.24, 2.45) is 0 Å². The minimum atomic E-state index is -4.38. The van der Waals surface area contributed by atoms with Crippen LogP contribution in [0.2, 0.25) is 5.02 Å². The first-order chi connectivity index (χ1) is 15.0. The number of rotatable bonds is 7. The Labute approximate surface area is 186 Å². The van der Waals surface area contributed by atoms with Crippen LogP contribution in [0, 0.1) is 0 Å². The zero-order chi connectivity index (χ0) is 23.1. The molecule has 0 atom stereocenters. The molecule has 0 fully saturated rings. The molecule has 32 heavy (non-hydrogen) atoms. The number of carboxylic acid groups (broad SMARTS) is 1. The molecule has 2 aromatic heterocycles. The molecule has 0 unspecified atom stereocenters. The number of aromatic carboxylic acids is 1. The van der Waals surface area contributed by atoms with Gasteiger partial charge in [0.25, 0.3) is 20.0 Å². The van der Waals surface area contributed by atoms with Gasteiger partial charge in [0.15, 0.2) is 0 Å². The van der Waals surface area contributed by atoms with Crippen molar-refractivity contribution in [2.45, 2.75) is 10.2 Å². The van der Waals surface area contributed by atoms with Crippen LogP contribution in [-0.4, -0.2) is 27.9 Å². The molecule has 3 N–H and O–H groups in total. The number of furan rings is 2. The summed E-state index contributed by atoms with van der Waals surface area (Å²) in [6.07, 6.45) is 0.768. The monoisotopic (exact) mass is 496 g/mol. The van der Waals surface area contributed by atoms with Crippen LogP contribution >= 0.6 is 11.6 Å². The summed E-state index contributed by atoms with van der Waals surface area (Å²) in [6, 6.07) is 12.6. The number of para-hydroxylation sites is 1. The highest BCUT2D eigenvalue weighted by Crippen LogP contribution is 2.31. The lowest BCUT2D eigenvalue weighted by molar-refractivity contribution is 0.0696. The number of carbonyl (C=O) groups is 1. The molecular weight excluding hydrogens is 484 g/mol. The standard InChI is InChI=1S/C19H13ClN2O8S2/c20-13-5-6-14(21-31(25,26)17-8-12(10-29-17)19(23)24)15(9-13)22-32(27,28)18-7-11-3-1-2-4-16(11)30-18/h1-10,21-22H,(H,23,24). The number of benzene rings is 2. The molecule has 2 heterocycles. The Kier molecular flexibility index (Phi) is 5.36. The largest absolute Gasteiger partial charge is 0.478 e. The average molecular weight is 497 g/mol. The number of hydrogen-bond donors (Lipinski definition) is 3. The Hall–Kier alpha value is -3.48. The van der Waals surface area contributed by atoms with Crippen molar-refractivity contribution in [1.82, 2.24) is 0 Å². The first-order valence-electron chi connectivity index (χ1n) is 8.71. The summed E-state index contributed by atoms with van der Waals surface area (Å²) in [5.74, 6) is -1.37. The molecule has 166 valence electrons. The highest BCUT2D eigenvalue weighted by atomic mass is 35.5. The Morgan fingerprint density at radius 1 is 0.875 bits per heavy atom. The first kappa shape index (κ1) is 21.7. The summed E-state index contributed by atoms with van der Waals surface area (Å²) in [5.41, 5.74) is -0.381. The van der Waals surface area contributed by atoms with Crippen LogP contribution in [0.15, 0.2) is 79.9 Å². The minimum Gasteiger partial charge on any atom is -0.478 e. The molecule has 4 rings (SSSR count). The van der Waals surface area contributed by atoms with E-state index in [-0.39, 0.29) is 27.1 Å². The molecule has 2 aromatic carbocycles. The Morgan fingerprint density at radius 2 is 1.56 bits per heavy atom. The molecule has 0 amide bonds. The minimum absolute atomic E-state index is 0.126. The van der Waals surface area contributed by atoms with E-state index < -0.39 is 31.1 Å². The summed E-state index contributed by atoms with van der Waals surface area (Å²) >= 11 is 5.96. The average Bonchev–Trinajstić information content (AvgIpc) is 3.38. The number of sulfonamides is 2. The number of anilines is 2. The Balaban J connectivity index is 1.68. The maximum Gasteiger partial charge on any atom is 0.339 e. The lowest BCUT2D eigenvalue weighted by Crippen LogP contribution is -2.17. The van der Waals surface area contributed by atoms with Crippen molar-refractivity contribution in [3.63, 3.8) is 0 Å². The summed E-state index contributed by atoms with van der Waals surface area (Å²) in [6.45, 7) is 0. The van der Waals surface area contributed by atoms with E-state index in [1.54, 1.807) is 24.3 Å². The number of nitrogens with one attached hydrogen (secondary N) is 2. The molecule has 0 saturated carbocycles. The second-order valence-electron chi connectivity index (χ2n) is 6.46. The number of carboxylic acids is 1. The van der Waals surface area contributed by atoms with E-state index in [0.29, 0.717) is 11.0 Å². The van der Waals surface area contributed by atoms with Gasteiger partial charge in [-0.25, -0.2) is 4.79 Å². The van der Waals surface area contributed by atoms with E-state index in [0.717, 1.165) is 12.3 Å². The van der Waals surface area contributed by atoms with Crippen LogP contribution in [0.5, 0.6) is 0 Å². The number of hydrogen-bond acceptors (Lipinski definition) is 7. The van der Waals surface area contributed by atoms with Crippen molar-refractivity contribution >= 4 is 60.0 Å². The second kappa shape index (κ2) is 7.89. The van der Waals surface area contributed by atoms with Crippen molar-refractivity contribution in [3.05, 3.63) is 71.4 Å². The van der Waals surface area contributed by atoms with Crippen LogP contribution in [-0.2, 0) is 20.0 Å². The molecular formula is C19H13ClN2O8S2. The summed E-state index contributed by atoms with van der Waals surface area (Å²) in [5, 5.41) is 8.57. The van der Waals surface area contributed by atoms with Gasteiger partial charge in [-0.1, -0.05) is 29.8 Å². The van der Waals surface area contributed by atoms with E-state index in [9.17, 15) is 21.6 Å². The lowest BCUT2D eigenvalue weighted by atomic mass is 10.3. The van der Waals surface area contributed by atoms with E-state index >= 15 is 0 Å². The van der Waals surface area contributed by atoms with E-state index in [4.69, 9.17) is 25.5 Å². The predicted octanol–water partition coefficient (Wildman–Crippen LogP) is 3.98. The third-order valence-corrected chi connectivity index (χ3v) is 6.91. The van der Waals surface area contributed by atoms with Crippen molar-refractivity contribution in [2.75, 3.05) is 9.44 Å². The summed E-state index contributed by atoms with van der Waals surface area (Å²) < 4.78 is 65.5. The van der Waals surface area contributed by atoms with E-state index in [2.05, 4.69) is 9.44 Å². The van der Waals surface area contributed by atoms with Crippen molar-refractivity contribution in [1.29, 1.82) is 0 Å². The fraction of sp³-hybridized carbons (Fsp3) is 0. The van der Waals surface area contributed by atoms with Gasteiger partial charge in [-0.05, 0) is 24.3 Å². The Bertz CT molecular complexity index is 1520. The summed E-state index contributed by atoms with van der Waals surface area (Å²) in [7, 11) is -8.64. The van der Waals surface area contributed by atoms with Gasteiger partial charge in [-0.2, -0.15) is 16.8 Å². The van der Waals surface area contributed by atoms with Crippen LogP contribution in [0.1, 0.15) is 10.4 Å². The van der Waals surface area contributed by atoms with Crippen molar-refractivity contribution < 1.29 is 35.6 Å². The van der Waals surface area contributed by atoms with Crippen LogP contribution < -0.4 is 9.44 Å². The van der Waals surface area contributed by atoms with Gasteiger partial charge in [0.05, 0.1) is 16.9 Å². The fourth-order valence-electron chi connectivity index (χ4n) is 2.74. The summed E-state index contributed by atoms with van der Waals surface area (Å²) in [4.78, 5) is 11.0. The van der Waals surface area contributed by atoms with Gasteiger partial charge in [0.1, 0.15) is 11.8 Å². The van der Waals surface area contributed by atoms with E-state index in [1.165, 1.54) is 24.3 Å². The maximum atomic E-state index is 12.8. The predicted molar refractivity (Wildman–Crippen MR) is 115 cm³/mol. The molecule has 0 aliphatic heterocycles. The van der Waals surface area contributed by atoms with Gasteiger partial charge in [0.2, 0.25) is 10.2 Å². The number of fused-ring (bicyclic) bond motifs is 1. The number of halogens is 1. The smallest absolute Gasteiger partial charge is 0.339 e. The zero-order valence-electron chi connectivity index (χ0n) is 15.8. The molecule has 10 nitrogen and oxygen atoms in total. The molecule has 0 radical (unpaired) electrons. The molecule has 13 heteroatoms. The lowest BCUT2D eigenvalue weighted by Gasteiger charge is -2.13. The van der Waals surface area contributed by atoms with Gasteiger partial charge in [0, 0.05) is 22.5 Å². The van der Waals surface area contributed by atoms with Crippen LogP contribution in [0.4, 0.5) is 11.4 Å². The molecule has 0 spiro atoms. The van der Waals surface area contributed by atoms with Crippen LogP contribution in [0.3, 0.4) is 0 Å². The van der Waals surface area contributed by atoms with Crippen LogP contribution in [0.25, 0.3) is 11.0 Å². The normalized spacial score (nSPS) is 12.0. The van der Waals surface area contributed by atoms with Crippen molar-refractivity contribution in [3.8, 4) is 0 Å². The highest BCUT2D eigenvalue weighted by molar-refractivity contribution is 7.93. The molecule has 0 bridgehead atoms. The molecule has 4 aromatic rings. The third kappa shape index (κ3) is 4.28. The zero-order valence-corrected chi connectivity index (χ0v) is 18.2.